The van der Waals surface area contributed by atoms with Crippen molar-refractivity contribution in [1.82, 2.24) is 4.72 Å². The van der Waals surface area contributed by atoms with Crippen LogP contribution in [0, 0.1) is 5.92 Å². The smallest absolute Gasteiger partial charge is 0.321 e. The minimum atomic E-state index is -3.98. The topological polar surface area (TPSA) is 96.6 Å². The molecule has 26 heavy (non-hydrogen) atoms. The van der Waals surface area contributed by atoms with Gasteiger partial charge in [0.25, 0.3) is 0 Å². The number of benzene rings is 2. The summed E-state index contributed by atoms with van der Waals surface area (Å²) in [5, 5.41) is 10.7. The molecule has 1 unspecified atom stereocenters. The van der Waals surface area contributed by atoms with E-state index in [1.165, 1.54) is 12.1 Å². The Morgan fingerprint density at radius 1 is 1.15 bits per heavy atom. The fraction of sp³-hybridized carbons (Fsp3) is 0.278. The van der Waals surface area contributed by atoms with Crippen molar-refractivity contribution in [3.8, 4) is 0 Å². The molecule has 0 radical (unpaired) electrons. The van der Waals surface area contributed by atoms with Crippen LogP contribution in [0.15, 0.2) is 50.2 Å². The zero-order valence-corrected chi connectivity index (χ0v) is 16.6. The Morgan fingerprint density at radius 3 is 2.38 bits per heavy atom. The van der Waals surface area contributed by atoms with Crippen LogP contribution in [0.3, 0.4) is 0 Å². The second-order valence-corrected chi connectivity index (χ2v) is 9.17. The monoisotopic (exact) mass is 439 g/mol. The maximum Gasteiger partial charge on any atom is 0.321 e. The highest BCUT2D eigenvalue weighted by Gasteiger charge is 2.26. The second-order valence-electron chi connectivity index (χ2n) is 6.54. The number of hydrogen-bond donors (Lipinski definition) is 2. The average Bonchev–Trinajstić information content (AvgIpc) is 2.90. The van der Waals surface area contributed by atoms with Crippen molar-refractivity contribution >= 4 is 53.9 Å². The van der Waals surface area contributed by atoms with Gasteiger partial charge in [0.05, 0.1) is 4.90 Å². The van der Waals surface area contributed by atoms with Gasteiger partial charge in [-0.2, -0.15) is 4.72 Å². The van der Waals surface area contributed by atoms with Gasteiger partial charge < -0.3 is 9.52 Å². The largest absolute Gasteiger partial charge is 0.480 e. The van der Waals surface area contributed by atoms with Crippen molar-refractivity contribution in [2.24, 2.45) is 5.92 Å². The molecule has 1 heterocycles. The Bertz CT molecular complexity index is 1090. The van der Waals surface area contributed by atoms with Crippen molar-refractivity contribution in [1.29, 1.82) is 0 Å². The molecule has 1 atom stereocenters. The second kappa shape index (κ2) is 7.02. The lowest BCUT2D eigenvalue weighted by molar-refractivity contribution is -0.139. The first-order valence-electron chi connectivity index (χ1n) is 8.04. The standard InChI is InChI=1S/C18H18BrNO5S/c1-10(2)7-15(18(21)22)20-26(23,24)12-4-6-17-14(9-12)13-8-11(19)3-5-16(13)25-17/h3-6,8-10,15,20H,7H2,1-2H3,(H,21,22). The van der Waals surface area contributed by atoms with Crippen LogP contribution in [0.5, 0.6) is 0 Å². The van der Waals surface area contributed by atoms with E-state index in [0.29, 0.717) is 16.6 Å². The number of hydrogen-bond acceptors (Lipinski definition) is 4. The summed E-state index contributed by atoms with van der Waals surface area (Å²) in [4.78, 5) is 11.4. The van der Waals surface area contributed by atoms with Crippen molar-refractivity contribution < 1.29 is 22.7 Å². The van der Waals surface area contributed by atoms with Crippen molar-refractivity contribution in [2.45, 2.75) is 31.2 Å². The minimum absolute atomic E-state index is 0.00248. The molecule has 0 saturated carbocycles. The Labute approximate surface area is 159 Å². The van der Waals surface area contributed by atoms with Gasteiger partial charge in [0, 0.05) is 15.2 Å². The van der Waals surface area contributed by atoms with Crippen molar-refractivity contribution in [3.63, 3.8) is 0 Å². The number of carboxylic acid groups (broad SMARTS) is 1. The number of carbonyl (C=O) groups is 1. The molecule has 2 aromatic carbocycles. The number of furan rings is 1. The molecule has 8 heteroatoms. The van der Waals surface area contributed by atoms with Crippen LogP contribution >= 0.6 is 15.9 Å². The maximum absolute atomic E-state index is 12.7. The fourth-order valence-corrected chi connectivity index (χ4v) is 4.41. The van der Waals surface area contributed by atoms with Gasteiger partial charge in [-0.25, -0.2) is 8.42 Å². The van der Waals surface area contributed by atoms with Gasteiger partial charge in [-0.1, -0.05) is 29.8 Å². The van der Waals surface area contributed by atoms with Crippen LogP contribution in [0.2, 0.25) is 0 Å². The zero-order chi connectivity index (χ0) is 19.1. The number of fused-ring (bicyclic) bond motifs is 3. The molecule has 0 amide bonds. The highest BCUT2D eigenvalue weighted by Crippen LogP contribution is 2.32. The molecule has 0 aliphatic heterocycles. The van der Waals surface area contributed by atoms with Gasteiger partial charge >= 0.3 is 5.97 Å². The van der Waals surface area contributed by atoms with E-state index in [9.17, 15) is 18.3 Å². The molecule has 138 valence electrons. The first-order chi connectivity index (χ1) is 12.2. The van der Waals surface area contributed by atoms with Crippen LogP contribution in [-0.4, -0.2) is 25.5 Å². The average molecular weight is 440 g/mol. The third-order valence-electron chi connectivity index (χ3n) is 4.02. The van der Waals surface area contributed by atoms with Gasteiger partial charge in [0.1, 0.15) is 17.2 Å². The molecule has 2 N–H and O–H groups in total. The van der Waals surface area contributed by atoms with E-state index in [1.54, 1.807) is 12.1 Å². The molecule has 0 spiro atoms. The number of aliphatic carboxylic acids is 1. The lowest BCUT2D eigenvalue weighted by Gasteiger charge is -2.16. The zero-order valence-electron chi connectivity index (χ0n) is 14.2. The van der Waals surface area contributed by atoms with E-state index in [-0.39, 0.29) is 17.2 Å². The Balaban J connectivity index is 2.04. The molecule has 3 aromatic rings. The van der Waals surface area contributed by atoms with Gasteiger partial charge in [-0.15, -0.1) is 0 Å². The van der Waals surface area contributed by atoms with E-state index in [2.05, 4.69) is 20.7 Å². The minimum Gasteiger partial charge on any atom is -0.480 e. The third-order valence-corrected chi connectivity index (χ3v) is 5.98. The van der Waals surface area contributed by atoms with E-state index < -0.39 is 22.0 Å². The predicted molar refractivity (Wildman–Crippen MR) is 103 cm³/mol. The molecule has 0 aliphatic rings. The predicted octanol–water partition coefficient (Wildman–Crippen LogP) is 4.13. The van der Waals surface area contributed by atoms with E-state index in [0.717, 1.165) is 9.86 Å². The summed E-state index contributed by atoms with van der Waals surface area (Å²) in [6, 6.07) is 8.81. The van der Waals surface area contributed by atoms with Gasteiger partial charge in [0.15, 0.2) is 0 Å². The van der Waals surface area contributed by atoms with Crippen LogP contribution in [-0.2, 0) is 14.8 Å². The van der Waals surface area contributed by atoms with Crippen molar-refractivity contribution in [3.05, 3.63) is 40.9 Å². The van der Waals surface area contributed by atoms with E-state index in [1.807, 2.05) is 26.0 Å². The lowest BCUT2D eigenvalue weighted by atomic mass is 10.1. The lowest BCUT2D eigenvalue weighted by Crippen LogP contribution is -2.41. The molecule has 0 saturated heterocycles. The van der Waals surface area contributed by atoms with Crippen molar-refractivity contribution in [2.75, 3.05) is 0 Å². The van der Waals surface area contributed by atoms with E-state index in [4.69, 9.17) is 4.42 Å². The first-order valence-corrected chi connectivity index (χ1v) is 10.3. The number of carboxylic acids is 1. The quantitative estimate of drug-likeness (QED) is 0.601. The molecule has 1 aromatic heterocycles. The number of rotatable bonds is 6. The molecule has 0 aliphatic carbocycles. The summed E-state index contributed by atoms with van der Waals surface area (Å²) in [7, 11) is -3.98. The summed E-state index contributed by atoms with van der Waals surface area (Å²) in [6.45, 7) is 3.68. The highest BCUT2D eigenvalue weighted by molar-refractivity contribution is 9.10. The highest BCUT2D eigenvalue weighted by atomic mass is 79.9. The molecular formula is C18H18BrNO5S. The third kappa shape index (κ3) is 3.77. The summed E-state index contributed by atoms with van der Waals surface area (Å²) in [6.07, 6.45) is 0.207. The normalized spacial score (nSPS) is 13.5. The number of nitrogens with one attached hydrogen (secondary N) is 1. The number of sulfonamides is 1. The van der Waals surface area contributed by atoms with Crippen LogP contribution in [0.1, 0.15) is 20.3 Å². The Hall–Kier alpha value is -1.90. The fourth-order valence-electron chi connectivity index (χ4n) is 2.82. The van der Waals surface area contributed by atoms with Gasteiger partial charge in [-0.3, -0.25) is 4.79 Å². The SMILES string of the molecule is CC(C)CC(NS(=O)(=O)c1ccc2oc3ccc(Br)cc3c2c1)C(=O)O. The van der Waals surface area contributed by atoms with Crippen LogP contribution in [0.4, 0.5) is 0 Å². The Kier molecular flexibility index (Phi) is 5.09. The molecule has 0 bridgehead atoms. The maximum atomic E-state index is 12.7. The summed E-state index contributed by atoms with van der Waals surface area (Å²) < 4.78 is 34.2. The molecule has 3 rings (SSSR count). The Morgan fingerprint density at radius 2 is 1.77 bits per heavy atom. The van der Waals surface area contributed by atoms with Gasteiger partial charge in [0.2, 0.25) is 10.0 Å². The first kappa shape index (κ1) is 18.9. The summed E-state index contributed by atoms with van der Waals surface area (Å²) >= 11 is 3.39. The summed E-state index contributed by atoms with van der Waals surface area (Å²) in [5.41, 5.74) is 1.21. The number of halogens is 1. The molecule has 0 fully saturated rings. The van der Waals surface area contributed by atoms with E-state index >= 15 is 0 Å². The molecule has 6 nitrogen and oxygen atoms in total. The van der Waals surface area contributed by atoms with Crippen LogP contribution in [0.25, 0.3) is 21.9 Å². The summed E-state index contributed by atoms with van der Waals surface area (Å²) in [5.74, 6) is -1.16. The molecular weight excluding hydrogens is 422 g/mol. The van der Waals surface area contributed by atoms with Crippen LogP contribution < -0.4 is 4.72 Å². The van der Waals surface area contributed by atoms with Gasteiger partial charge in [-0.05, 0) is 48.7 Å².